The van der Waals surface area contributed by atoms with E-state index in [0.29, 0.717) is 5.69 Å². The second-order valence-corrected chi connectivity index (χ2v) is 5.83. The second-order valence-electron chi connectivity index (χ2n) is 4.65. The number of fused-ring (bicyclic) bond motifs is 1. The summed E-state index contributed by atoms with van der Waals surface area (Å²) in [6.07, 6.45) is 2.54. The van der Waals surface area contributed by atoms with Crippen LogP contribution in [0.3, 0.4) is 0 Å². The Balaban J connectivity index is 2.33. The van der Waals surface area contributed by atoms with E-state index >= 15 is 0 Å². The molecular formula is C15H14N2O2S. The fourth-order valence-electron chi connectivity index (χ4n) is 2.35. The van der Waals surface area contributed by atoms with Crippen LogP contribution in [0.15, 0.2) is 24.4 Å². The van der Waals surface area contributed by atoms with E-state index in [2.05, 4.69) is 18.0 Å². The van der Waals surface area contributed by atoms with Crippen LogP contribution in [0.2, 0.25) is 0 Å². The van der Waals surface area contributed by atoms with Crippen LogP contribution in [0.25, 0.3) is 16.2 Å². The number of methoxy groups -OCH3 is 1. The summed E-state index contributed by atoms with van der Waals surface area (Å²) in [7, 11) is 1.66. The molecule has 1 aromatic carbocycles. The minimum Gasteiger partial charge on any atom is -0.496 e. The SMILES string of the molecule is COc1ccc(C)cc1-c1c(C)sc2nc(C=O)cn12. The maximum absolute atomic E-state index is 10.9. The Labute approximate surface area is 120 Å². The first kappa shape index (κ1) is 12.9. The number of carbonyl (C=O) groups excluding carboxylic acids is 1. The molecular weight excluding hydrogens is 272 g/mol. The monoisotopic (exact) mass is 286 g/mol. The molecule has 0 radical (unpaired) electrons. The highest BCUT2D eigenvalue weighted by molar-refractivity contribution is 7.17. The number of rotatable bonds is 3. The van der Waals surface area contributed by atoms with Crippen molar-refractivity contribution in [1.29, 1.82) is 0 Å². The van der Waals surface area contributed by atoms with Crippen molar-refractivity contribution >= 4 is 22.6 Å². The third-order valence-electron chi connectivity index (χ3n) is 3.24. The largest absolute Gasteiger partial charge is 0.496 e. The van der Waals surface area contributed by atoms with E-state index in [1.54, 1.807) is 24.6 Å². The highest BCUT2D eigenvalue weighted by Gasteiger charge is 2.17. The Bertz CT molecular complexity index is 802. The standard InChI is InChI=1S/C15H14N2O2S/c1-9-4-5-13(19-3)12(6-9)14-10(2)20-15-16-11(8-18)7-17(14)15/h4-8H,1-3H3. The molecule has 5 heteroatoms. The molecule has 0 aliphatic carbocycles. The van der Waals surface area contributed by atoms with Gasteiger partial charge in [-0.1, -0.05) is 11.6 Å². The lowest BCUT2D eigenvalue weighted by atomic mass is 10.1. The van der Waals surface area contributed by atoms with Crippen LogP contribution in [-0.4, -0.2) is 22.8 Å². The molecule has 0 bridgehead atoms. The average molecular weight is 286 g/mol. The first-order chi connectivity index (χ1) is 9.63. The predicted molar refractivity (Wildman–Crippen MR) is 79.9 cm³/mol. The second kappa shape index (κ2) is 4.76. The van der Waals surface area contributed by atoms with Crippen molar-refractivity contribution in [2.24, 2.45) is 0 Å². The van der Waals surface area contributed by atoms with Crippen LogP contribution in [0.5, 0.6) is 5.75 Å². The summed E-state index contributed by atoms with van der Waals surface area (Å²) in [5, 5.41) is 0. The molecule has 3 rings (SSSR count). The van der Waals surface area contributed by atoms with E-state index in [9.17, 15) is 4.79 Å². The van der Waals surface area contributed by atoms with Gasteiger partial charge >= 0.3 is 0 Å². The molecule has 0 unspecified atom stereocenters. The molecule has 0 aliphatic heterocycles. The van der Waals surface area contributed by atoms with Gasteiger partial charge in [-0.2, -0.15) is 0 Å². The Morgan fingerprint density at radius 2 is 2.15 bits per heavy atom. The molecule has 20 heavy (non-hydrogen) atoms. The summed E-state index contributed by atoms with van der Waals surface area (Å²) in [4.78, 5) is 17.1. The highest BCUT2D eigenvalue weighted by atomic mass is 32.1. The minimum atomic E-state index is 0.448. The topological polar surface area (TPSA) is 43.6 Å². The third-order valence-corrected chi connectivity index (χ3v) is 4.21. The molecule has 0 aliphatic rings. The van der Waals surface area contributed by atoms with Gasteiger partial charge < -0.3 is 4.74 Å². The molecule has 0 N–H and O–H groups in total. The zero-order valence-corrected chi connectivity index (χ0v) is 12.3. The minimum absolute atomic E-state index is 0.448. The van der Waals surface area contributed by atoms with Crippen LogP contribution >= 0.6 is 11.3 Å². The van der Waals surface area contributed by atoms with Gasteiger partial charge in [-0.3, -0.25) is 9.20 Å². The molecule has 102 valence electrons. The molecule has 0 saturated heterocycles. The average Bonchev–Trinajstić information content (AvgIpc) is 2.94. The number of imidazole rings is 1. The smallest absolute Gasteiger partial charge is 0.195 e. The van der Waals surface area contributed by atoms with Crippen molar-refractivity contribution in [2.45, 2.75) is 13.8 Å². The Kier molecular flexibility index (Phi) is 3.06. The number of aryl methyl sites for hydroxylation is 2. The first-order valence-electron chi connectivity index (χ1n) is 6.22. The number of aldehydes is 1. The quantitative estimate of drug-likeness (QED) is 0.692. The normalized spacial score (nSPS) is 10.9. The van der Waals surface area contributed by atoms with E-state index in [1.165, 1.54) is 0 Å². The van der Waals surface area contributed by atoms with Gasteiger partial charge in [0.05, 0.1) is 12.8 Å². The Morgan fingerprint density at radius 3 is 2.85 bits per heavy atom. The number of hydrogen-bond donors (Lipinski definition) is 0. The molecule has 0 saturated carbocycles. The van der Waals surface area contributed by atoms with Crippen LogP contribution < -0.4 is 4.74 Å². The van der Waals surface area contributed by atoms with Crippen molar-refractivity contribution in [3.63, 3.8) is 0 Å². The van der Waals surface area contributed by atoms with E-state index in [0.717, 1.165) is 38.7 Å². The first-order valence-corrected chi connectivity index (χ1v) is 7.04. The van der Waals surface area contributed by atoms with Crippen LogP contribution in [0.1, 0.15) is 20.9 Å². The van der Waals surface area contributed by atoms with Gasteiger partial charge in [-0.25, -0.2) is 4.98 Å². The lowest BCUT2D eigenvalue weighted by Gasteiger charge is -2.10. The zero-order chi connectivity index (χ0) is 14.3. The zero-order valence-electron chi connectivity index (χ0n) is 11.5. The van der Waals surface area contributed by atoms with Gasteiger partial charge in [0, 0.05) is 16.6 Å². The number of nitrogens with zero attached hydrogens (tertiary/aromatic N) is 2. The van der Waals surface area contributed by atoms with Gasteiger partial charge in [-0.05, 0) is 26.0 Å². The molecule has 2 aromatic heterocycles. The predicted octanol–water partition coefficient (Wildman–Crippen LogP) is 3.50. The van der Waals surface area contributed by atoms with Crippen molar-refractivity contribution < 1.29 is 9.53 Å². The molecule has 3 aromatic rings. The molecule has 4 nitrogen and oxygen atoms in total. The molecule has 0 amide bonds. The fraction of sp³-hybridized carbons (Fsp3) is 0.200. The molecule has 0 fully saturated rings. The highest BCUT2D eigenvalue weighted by Crippen LogP contribution is 2.37. The van der Waals surface area contributed by atoms with E-state index in [-0.39, 0.29) is 0 Å². The van der Waals surface area contributed by atoms with Gasteiger partial charge in [0.25, 0.3) is 0 Å². The number of aromatic nitrogens is 2. The van der Waals surface area contributed by atoms with Crippen molar-refractivity contribution in [3.05, 3.63) is 40.5 Å². The summed E-state index contributed by atoms with van der Waals surface area (Å²) in [6, 6.07) is 6.07. The van der Waals surface area contributed by atoms with E-state index in [4.69, 9.17) is 4.74 Å². The summed E-state index contributed by atoms with van der Waals surface area (Å²) in [5.74, 6) is 0.819. The van der Waals surface area contributed by atoms with Gasteiger partial charge in [0.2, 0.25) is 0 Å². The number of thiazole rings is 1. The van der Waals surface area contributed by atoms with Crippen LogP contribution in [-0.2, 0) is 0 Å². The van der Waals surface area contributed by atoms with Gasteiger partial charge in [0.15, 0.2) is 11.2 Å². The summed E-state index contributed by atoms with van der Waals surface area (Å²) >= 11 is 1.57. The van der Waals surface area contributed by atoms with Crippen molar-refractivity contribution in [1.82, 2.24) is 9.38 Å². The lowest BCUT2D eigenvalue weighted by molar-refractivity contribution is 0.111. The van der Waals surface area contributed by atoms with Gasteiger partial charge in [-0.15, -0.1) is 11.3 Å². The summed E-state index contributed by atoms with van der Waals surface area (Å²) < 4.78 is 7.42. The van der Waals surface area contributed by atoms with Gasteiger partial charge in [0.1, 0.15) is 11.4 Å². The number of ether oxygens (including phenoxy) is 1. The molecule has 0 atom stereocenters. The lowest BCUT2D eigenvalue weighted by Crippen LogP contribution is -1.93. The number of carbonyl (C=O) groups is 1. The fourth-order valence-corrected chi connectivity index (χ4v) is 3.32. The third kappa shape index (κ3) is 1.91. The summed E-state index contributed by atoms with van der Waals surface area (Å²) in [5.41, 5.74) is 3.66. The van der Waals surface area contributed by atoms with Crippen molar-refractivity contribution in [2.75, 3.05) is 7.11 Å². The van der Waals surface area contributed by atoms with E-state index < -0.39 is 0 Å². The molecule has 0 spiro atoms. The van der Waals surface area contributed by atoms with Crippen LogP contribution in [0, 0.1) is 13.8 Å². The summed E-state index contributed by atoms with van der Waals surface area (Å²) in [6.45, 7) is 4.10. The molecule has 2 heterocycles. The number of hydrogen-bond acceptors (Lipinski definition) is 4. The Morgan fingerprint density at radius 1 is 1.35 bits per heavy atom. The van der Waals surface area contributed by atoms with E-state index in [1.807, 2.05) is 23.5 Å². The van der Waals surface area contributed by atoms with Crippen LogP contribution in [0.4, 0.5) is 0 Å². The number of benzene rings is 1. The van der Waals surface area contributed by atoms with Crippen molar-refractivity contribution in [3.8, 4) is 17.0 Å². The maximum atomic E-state index is 10.9. The Hall–Kier alpha value is -2.14. The maximum Gasteiger partial charge on any atom is 0.195 e.